The Labute approximate surface area is 127 Å². The number of rotatable bonds is 6. The third-order valence-corrected chi connectivity index (χ3v) is 3.40. The lowest BCUT2D eigenvalue weighted by atomic mass is 10.2. The van der Waals surface area contributed by atoms with Gasteiger partial charge in [0.15, 0.2) is 6.61 Å². The quantitative estimate of drug-likeness (QED) is 0.647. The first kappa shape index (κ1) is 16.7. The summed E-state index contributed by atoms with van der Waals surface area (Å²) in [6, 6.07) is 1.44. The molecule has 0 atom stereocenters. The molecule has 0 saturated carbocycles. The Balaban J connectivity index is 2.50. The van der Waals surface area contributed by atoms with E-state index in [1.54, 1.807) is 0 Å². The molecular formula is C13H16Cl2N2O3. The third kappa shape index (κ3) is 4.98. The molecule has 0 saturated heterocycles. The van der Waals surface area contributed by atoms with Crippen molar-refractivity contribution in [3.8, 4) is 0 Å². The van der Waals surface area contributed by atoms with E-state index >= 15 is 0 Å². The topological polar surface area (TPSA) is 68.3 Å². The molecule has 0 aliphatic carbocycles. The molecule has 1 rings (SSSR count). The van der Waals surface area contributed by atoms with Crippen molar-refractivity contribution in [1.29, 1.82) is 0 Å². The van der Waals surface area contributed by atoms with E-state index in [2.05, 4.69) is 10.3 Å². The Morgan fingerprint density at radius 3 is 2.55 bits per heavy atom. The van der Waals surface area contributed by atoms with Gasteiger partial charge in [-0.3, -0.25) is 4.79 Å². The van der Waals surface area contributed by atoms with Gasteiger partial charge in [-0.2, -0.15) is 0 Å². The van der Waals surface area contributed by atoms with E-state index in [1.807, 2.05) is 13.8 Å². The number of carbonyl (C=O) groups excluding carboxylic acids is 2. The van der Waals surface area contributed by atoms with E-state index in [1.165, 1.54) is 12.3 Å². The molecular weight excluding hydrogens is 303 g/mol. The van der Waals surface area contributed by atoms with Gasteiger partial charge in [-0.25, -0.2) is 9.78 Å². The van der Waals surface area contributed by atoms with Gasteiger partial charge in [0.05, 0.1) is 10.6 Å². The van der Waals surface area contributed by atoms with E-state index in [0.29, 0.717) is 0 Å². The first-order chi connectivity index (χ1) is 9.47. The molecule has 0 aromatic carbocycles. The number of carbonyl (C=O) groups is 2. The molecule has 1 heterocycles. The molecule has 0 fully saturated rings. The van der Waals surface area contributed by atoms with Crippen molar-refractivity contribution in [2.24, 2.45) is 0 Å². The SMILES string of the molecule is CCC(CC)NC(=O)COC(=O)c1cnc(Cl)c(Cl)c1. The van der Waals surface area contributed by atoms with Gasteiger partial charge in [0.2, 0.25) is 0 Å². The monoisotopic (exact) mass is 318 g/mol. The van der Waals surface area contributed by atoms with Crippen LogP contribution in [-0.4, -0.2) is 29.5 Å². The van der Waals surface area contributed by atoms with E-state index in [0.717, 1.165) is 12.8 Å². The minimum absolute atomic E-state index is 0.0906. The van der Waals surface area contributed by atoms with Gasteiger partial charge in [-0.05, 0) is 18.9 Å². The highest BCUT2D eigenvalue weighted by Crippen LogP contribution is 2.19. The zero-order valence-electron chi connectivity index (χ0n) is 11.3. The molecule has 5 nitrogen and oxygen atoms in total. The van der Waals surface area contributed by atoms with Crippen LogP contribution in [-0.2, 0) is 9.53 Å². The average molecular weight is 319 g/mol. The Kier molecular flexibility index (Phi) is 6.75. The lowest BCUT2D eigenvalue weighted by Crippen LogP contribution is -2.36. The van der Waals surface area contributed by atoms with Crippen LogP contribution in [0.1, 0.15) is 37.0 Å². The van der Waals surface area contributed by atoms with Crippen LogP contribution < -0.4 is 5.32 Å². The first-order valence-corrected chi connectivity index (χ1v) is 7.01. The number of halogens is 2. The fourth-order valence-corrected chi connectivity index (χ4v) is 1.78. The standard InChI is InChI=1S/C13H16Cl2N2O3/c1-3-9(4-2)17-11(18)7-20-13(19)8-5-10(14)12(15)16-6-8/h5-6,9H,3-4,7H2,1-2H3,(H,17,18). The molecule has 20 heavy (non-hydrogen) atoms. The molecule has 0 radical (unpaired) electrons. The zero-order valence-corrected chi connectivity index (χ0v) is 12.8. The van der Waals surface area contributed by atoms with Crippen LogP contribution in [0.2, 0.25) is 10.2 Å². The Hall–Kier alpha value is -1.33. The summed E-state index contributed by atoms with van der Waals surface area (Å²) in [7, 11) is 0. The highest BCUT2D eigenvalue weighted by molar-refractivity contribution is 6.41. The number of hydrogen-bond acceptors (Lipinski definition) is 4. The van der Waals surface area contributed by atoms with Crippen molar-refractivity contribution in [1.82, 2.24) is 10.3 Å². The summed E-state index contributed by atoms with van der Waals surface area (Å²) in [6.07, 6.45) is 2.90. The van der Waals surface area contributed by atoms with Crippen LogP contribution in [0.15, 0.2) is 12.3 Å². The van der Waals surface area contributed by atoms with Crippen molar-refractivity contribution in [2.45, 2.75) is 32.7 Å². The number of pyridine rings is 1. The number of aromatic nitrogens is 1. The van der Waals surface area contributed by atoms with Crippen LogP contribution in [0.4, 0.5) is 0 Å². The molecule has 0 aliphatic rings. The van der Waals surface area contributed by atoms with Crippen LogP contribution in [0.5, 0.6) is 0 Å². The molecule has 1 amide bonds. The highest BCUT2D eigenvalue weighted by Gasteiger charge is 2.14. The van der Waals surface area contributed by atoms with E-state index < -0.39 is 5.97 Å². The van der Waals surface area contributed by atoms with Crippen molar-refractivity contribution in [2.75, 3.05) is 6.61 Å². The predicted octanol–water partition coefficient (Wildman–Crippen LogP) is 2.85. The number of nitrogens with zero attached hydrogens (tertiary/aromatic N) is 1. The van der Waals surface area contributed by atoms with Gasteiger partial charge in [0.25, 0.3) is 5.91 Å². The second-order valence-corrected chi connectivity index (χ2v) is 4.92. The van der Waals surface area contributed by atoms with Crippen LogP contribution >= 0.6 is 23.2 Å². The normalized spacial score (nSPS) is 10.4. The summed E-state index contributed by atoms with van der Waals surface area (Å²) in [5.74, 6) is -1.00. The van der Waals surface area contributed by atoms with Gasteiger partial charge < -0.3 is 10.1 Å². The Bertz CT molecular complexity index is 491. The summed E-state index contributed by atoms with van der Waals surface area (Å²) in [5, 5.41) is 3.03. The number of ether oxygens (including phenoxy) is 1. The van der Waals surface area contributed by atoms with Crippen molar-refractivity contribution >= 4 is 35.1 Å². The van der Waals surface area contributed by atoms with Gasteiger partial charge >= 0.3 is 5.97 Å². The van der Waals surface area contributed by atoms with Crippen molar-refractivity contribution < 1.29 is 14.3 Å². The molecule has 1 aromatic rings. The van der Waals surface area contributed by atoms with E-state index in [4.69, 9.17) is 27.9 Å². The fraction of sp³-hybridized carbons (Fsp3) is 0.462. The summed E-state index contributed by atoms with van der Waals surface area (Å²) < 4.78 is 4.88. The Morgan fingerprint density at radius 1 is 1.35 bits per heavy atom. The minimum atomic E-state index is -0.671. The van der Waals surface area contributed by atoms with Gasteiger partial charge in [0, 0.05) is 12.2 Å². The Morgan fingerprint density at radius 2 is 2.00 bits per heavy atom. The molecule has 0 bridgehead atoms. The number of amides is 1. The lowest BCUT2D eigenvalue weighted by Gasteiger charge is -2.14. The van der Waals surface area contributed by atoms with Crippen molar-refractivity contribution in [3.63, 3.8) is 0 Å². The molecule has 0 unspecified atom stereocenters. The number of hydrogen-bond donors (Lipinski definition) is 1. The molecule has 1 aromatic heterocycles. The van der Waals surface area contributed by atoms with Crippen LogP contribution in [0.25, 0.3) is 0 Å². The van der Waals surface area contributed by atoms with Gasteiger partial charge in [-0.1, -0.05) is 37.0 Å². The predicted molar refractivity (Wildman–Crippen MR) is 77.1 cm³/mol. The first-order valence-electron chi connectivity index (χ1n) is 6.25. The molecule has 7 heteroatoms. The third-order valence-electron chi connectivity index (χ3n) is 2.72. The summed E-state index contributed by atoms with van der Waals surface area (Å²) in [6.45, 7) is 3.61. The van der Waals surface area contributed by atoms with Crippen molar-refractivity contribution in [3.05, 3.63) is 28.0 Å². The molecule has 0 spiro atoms. The average Bonchev–Trinajstić information content (AvgIpc) is 2.45. The number of nitrogens with one attached hydrogen (secondary N) is 1. The maximum Gasteiger partial charge on any atom is 0.340 e. The second kappa shape index (κ2) is 8.07. The smallest absolute Gasteiger partial charge is 0.340 e. The van der Waals surface area contributed by atoms with E-state index in [9.17, 15) is 9.59 Å². The molecule has 0 aliphatic heterocycles. The summed E-state index contributed by atoms with van der Waals surface area (Å²) >= 11 is 11.4. The zero-order chi connectivity index (χ0) is 15.1. The molecule has 1 N–H and O–H groups in total. The minimum Gasteiger partial charge on any atom is -0.452 e. The van der Waals surface area contributed by atoms with Crippen LogP contribution in [0.3, 0.4) is 0 Å². The van der Waals surface area contributed by atoms with Crippen LogP contribution in [0, 0.1) is 0 Å². The summed E-state index contributed by atoms with van der Waals surface area (Å²) in [5.41, 5.74) is 0.148. The fourth-order valence-electron chi connectivity index (χ4n) is 1.51. The maximum absolute atomic E-state index is 11.7. The van der Waals surface area contributed by atoms with E-state index in [-0.39, 0.29) is 34.3 Å². The number of esters is 1. The second-order valence-electron chi connectivity index (χ2n) is 4.15. The summed E-state index contributed by atoms with van der Waals surface area (Å²) in [4.78, 5) is 27.0. The molecule has 110 valence electrons. The lowest BCUT2D eigenvalue weighted by molar-refractivity contribution is -0.125. The maximum atomic E-state index is 11.7. The van der Waals surface area contributed by atoms with Gasteiger partial charge in [-0.15, -0.1) is 0 Å². The van der Waals surface area contributed by atoms with Gasteiger partial charge in [0.1, 0.15) is 5.15 Å². The largest absolute Gasteiger partial charge is 0.452 e. The highest BCUT2D eigenvalue weighted by atomic mass is 35.5.